The summed E-state index contributed by atoms with van der Waals surface area (Å²) >= 11 is 0. The third kappa shape index (κ3) is 4.51. The largest absolute Gasteiger partial charge is 0.385 e. The van der Waals surface area contributed by atoms with Crippen molar-refractivity contribution in [3.63, 3.8) is 0 Å². The number of hydrogen-bond acceptors (Lipinski definition) is 3. The molecule has 1 aromatic carbocycles. The van der Waals surface area contributed by atoms with Crippen LogP contribution in [0.2, 0.25) is 0 Å². The van der Waals surface area contributed by atoms with Gasteiger partial charge in [0.2, 0.25) is 10.0 Å². The van der Waals surface area contributed by atoms with Crippen LogP contribution in [0.25, 0.3) is 0 Å². The van der Waals surface area contributed by atoms with Gasteiger partial charge in [0.15, 0.2) is 0 Å². The van der Waals surface area contributed by atoms with E-state index in [0.717, 1.165) is 24.6 Å². The maximum Gasteiger partial charge on any atom is 0.240 e. The Bertz CT molecular complexity index is 493. The summed E-state index contributed by atoms with van der Waals surface area (Å²) in [6.45, 7) is 3.38. The molecule has 0 aliphatic heterocycles. The molecule has 4 nitrogen and oxygen atoms in total. The van der Waals surface area contributed by atoms with Gasteiger partial charge in [-0.15, -0.1) is 0 Å². The summed E-state index contributed by atoms with van der Waals surface area (Å²) in [4.78, 5) is 0.327. The minimum Gasteiger partial charge on any atom is -0.385 e. The van der Waals surface area contributed by atoms with E-state index in [0.29, 0.717) is 11.4 Å². The third-order valence-corrected chi connectivity index (χ3v) is 4.76. The lowest BCUT2D eigenvalue weighted by molar-refractivity contribution is 0.581. The van der Waals surface area contributed by atoms with Crippen molar-refractivity contribution in [3.8, 4) is 0 Å². The predicted octanol–water partition coefficient (Wildman–Crippen LogP) is 2.59. The summed E-state index contributed by atoms with van der Waals surface area (Å²) in [5.41, 5.74) is 0.982. The summed E-state index contributed by atoms with van der Waals surface area (Å²) in [5.74, 6) is 0.908. The van der Waals surface area contributed by atoms with Crippen molar-refractivity contribution in [2.75, 3.05) is 18.4 Å². The van der Waals surface area contributed by atoms with Crippen molar-refractivity contribution in [2.45, 2.75) is 37.5 Å². The van der Waals surface area contributed by atoms with Crippen LogP contribution >= 0.6 is 0 Å². The van der Waals surface area contributed by atoms with Gasteiger partial charge in [0.05, 0.1) is 4.90 Å². The highest BCUT2D eigenvalue weighted by Crippen LogP contribution is 2.32. The molecule has 0 bridgehead atoms. The predicted molar refractivity (Wildman–Crippen MR) is 77.8 cm³/mol. The molecule has 0 aromatic heterocycles. The molecule has 1 aliphatic rings. The third-order valence-electron chi connectivity index (χ3n) is 3.29. The smallest absolute Gasteiger partial charge is 0.240 e. The Morgan fingerprint density at radius 2 is 1.84 bits per heavy atom. The lowest BCUT2D eigenvalue weighted by Crippen LogP contribution is -2.24. The second-order valence-electron chi connectivity index (χ2n) is 5.08. The fraction of sp³-hybridized carbons (Fsp3) is 0.571. The van der Waals surface area contributed by atoms with Crippen molar-refractivity contribution >= 4 is 15.7 Å². The van der Waals surface area contributed by atoms with Crippen LogP contribution in [0, 0.1) is 5.92 Å². The number of rotatable bonds is 8. The molecule has 2 rings (SSSR count). The minimum absolute atomic E-state index is 0.327. The van der Waals surface area contributed by atoms with Crippen molar-refractivity contribution in [2.24, 2.45) is 5.92 Å². The van der Waals surface area contributed by atoms with Gasteiger partial charge in [-0.05, 0) is 43.0 Å². The molecule has 106 valence electrons. The topological polar surface area (TPSA) is 58.2 Å². The van der Waals surface area contributed by atoms with Gasteiger partial charge in [0.1, 0.15) is 0 Å². The maximum absolute atomic E-state index is 11.9. The molecule has 0 amide bonds. The van der Waals surface area contributed by atoms with Crippen molar-refractivity contribution in [1.82, 2.24) is 4.72 Å². The second-order valence-corrected chi connectivity index (χ2v) is 6.85. The van der Waals surface area contributed by atoms with Gasteiger partial charge in [-0.2, -0.15) is 0 Å². The fourth-order valence-corrected chi connectivity index (χ4v) is 3.03. The van der Waals surface area contributed by atoms with Crippen LogP contribution in [0.3, 0.4) is 0 Å². The Morgan fingerprint density at radius 1 is 1.16 bits per heavy atom. The van der Waals surface area contributed by atoms with E-state index in [-0.39, 0.29) is 0 Å². The molecule has 2 N–H and O–H groups in total. The van der Waals surface area contributed by atoms with Gasteiger partial charge >= 0.3 is 0 Å². The maximum atomic E-state index is 11.9. The minimum atomic E-state index is -3.34. The molecule has 1 saturated carbocycles. The normalized spacial score (nSPS) is 15.4. The zero-order chi connectivity index (χ0) is 13.7. The van der Waals surface area contributed by atoms with Gasteiger partial charge in [-0.3, -0.25) is 0 Å². The first-order valence-electron chi connectivity index (χ1n) is 6.95. The lowest BCUT2D eigenvalue weighted by Gasteiger charge is -2.08. The Labute approximate surface area is 115 Å². The standard InChI is InChI=1S/C14H22N2O2S/c1-2-10-16-19(17,18)14-7-5-13(6-8-14)15-11-9-12-3-4-12/h5-8,12,15-16H,2-4,9-11H2,1H3. The van der Waals surface area contributed by atoms with Crippen LogP contribution in [0.4, 0.5) is 5.69 Å². The lowest BCUT2D eigenvalue weighted by atomic mass is 10.2. The van der Waals surface area contributed by atoms with Gasteiger partial charge in [0.25, 0.3) is 0 Å². The molecule has 0 unspecified atom stereocenters. The van der Waals surface area contributed by atoms with E-state index in [1.165, 1.54) is 19.3 Å². The summed E-state index contributed by atoms with van der Waals surface area (Å²) in [6.07, 6.45) is 4.72. The van der Waals surface area contributed by atoms with Gasteiger partial charge in [0, 0.05) is 18.8 Å². The van der Waals surface area contributed by atoms with Crippen LogP contribution < -0.4 is 10.0 Å². The number of hydrogen-bond donors (Lipinski definition) is 2. The van der Waals surface area contributed by atoms with Crippen molar-refractivity contribution in [3.05, 3.63) is 24.3 Å². The molecule has 19 heavy (non-hydrogen) atoms. The van der Waals surface area contributed by atoms with Crippen LogP contribution in [0.15, 0.2) is 29.2 Å². The molecule has 5 heteroatoms. The van der Waals surface area contributed by atoms with Gasteiger partial charge in [-0.25, -0.2) is 13.1 Å². The highest BCUT2D eigenvalue weighted by atomic mass is 32.2. The summed E-state index contributed by atoms with van der Waals surface area (Å²) in [6, 6.07) is 6.95. The summed E-state index contributed by atoms with van der Waals surface area (Å²) in [5, 5.41) is 3.32. The van der Waals surface area contributed by atoms with Crippen LogP contribution in [0.5, 0.6) is 0 Å². The quantitative estimate of drug-likeness (QED) is 0.770. The van der Waals surface area contributed by atoms with E-state index in [1.54, 1.807) is 12.1 Å². The molecule has 0 radical (unpaired) electrons. The van der Waals surface area contributed by atoms with Gasteiger partial charge in [-0.1, -0.05) is 19.8 Å². The molecule has 0 spiro atoms. The van der Waals surface area contributed by atoms with Crippen LogP contribution in [-0.2, 0) is 10.0 Å². The Morgan fingerprint density at radius 3 is 2.42 bits per heavy atom. The van der Waals surface area contributed by atoms with Crippen molar-refractivity contribution in [1.29, 1.82) is 0 Å². The number of anilines is 1. The van der Waals surface area contributed by atoms with E-state index in [4.69, 9.17) is 0 Å². The number of sulfonamides is 1. The SMILES string of the molecule is CCCNS(=O)(=O)c1ccc(NCCC2CC2)cc1. The highest BCUT2D eigenvalue weighted by Gasteiger charge is 2.20. The molecule has 0 atom stereocenters. The zero-order valence-corrected chi connectivity index (χ0v) is 12.2. The van der Waals surface area contributed by atoms with Crippen LogP contribution in [-0.4, -0.2) is 21.5 Å². The second kappa shape index (κ2) is 6.39. The Hall–Kier alpha value is -1.07. The molecule has 1 fully saturated rings. The van der Waals surface area contributed by atoms with E-state index >= 15 is 0 Å². The Balaban J connectivity index is 1.89. The summed E-state index contributed by atoms with van der Waals surface area (Å²) < 4.78 is 26.3. The first kappa shape index (κ1) is 14.3. The number of nitrogens with one attached hydrogen (secondary N) is 2. The molecular formula is C14H22N2O2S. The first-order valence-corrected chi connectivity index (χ1v) is 8.44. The van der Waals surface area contributed by atoms with E-state index in [1.807, 2.05) is 19.1 Å². The average Bonchev–Trinajstić information content (AvgIpc) is 3.21. The molecular weight excluding hydrogens is 260 g/mol. The number of benzene rings is 1. The molecule has 1 aromatic rings. The molecule has 0 heterocycles. The summed E-state index contributed by atoms with van der Waals surface area (Å²) in [7, 11) is -3.34. The fourth-order valence-electron chi connectivity index (χ4n) is 1.90. The molecule has 0 saturated heterocycles. The first-order chi connectivity index (χ1) is 9.12. The monoisotopic (exact) mass is 282 g/mol. The van der Waals surface area contributed by atoms with E-state index in [2.05, 4.69) is 10.0 Å². The van der Waals surface area contributed by atoms with Crippen molar-refractivity contribution < 1.29 is 8.42 Å². The average molecular weight is 282 g/mol. The highest BCUT2D eigenvalue weighted by molar-refractivity contribution is 7.89. The van der Waals surface area contributed by atoms with E-state index in [9.17, 15) is 8.42 Å². The zero-order valence-electron chi connectivity index (χ0n) is 11.4. The van der Waals surface area contributed by atoms with Crippen LogP contribution in [0.1, 0.15) is 32.6 Å². The van der Waals surface area contributed by atoms with E-state index < -0.39 is 10.0 Å². The Kier molecular flexibility index (Phi) is 4.82. The van der Waals surface area contributed by atoms with Gasteiger partial charge < -0.3 is 5.32 Å². The molecule has 1 aliphatic carbocycles.